The first-order valence-corrected chi connectivity index (χ1v) is 8.17. The third kappa shape index (κ3) is 3.91. The van der Waals surface area contributed by atoms with Gasteiger partial charge in [0, 0.05) is 5.57 Å². The van der Waals surface area contributed by atoms with Gasteiger partial charge in [0.1, 0.15) is 0 Å². The summed E-state index contributed by atoms with van der Waals surface area (Å²) < 4.78 is 86.3. The molecule has 0 unspecified atom stereocenters. The Balaban J connectivity index is 1.98. The van der Waals surface area contributed by atoms with E-state index in [1.165, 1.54) is 0 Å². The molecule has 24 heavy (non-hydrogen) atoms. The van der Waals surface area contributed by atoms with E-state index in [1.807, 2.05) is 0 Å². The Morgan fingerprint density at radius 3 is 2.21 bits per heavy atom. The molecule has 0 amide bonds. The number of ether oxygens (including phenoxy) is 1. The average molecular weight is 356 g/mol. The number of alkyl halides is 6. The normalized spacial score (nSPS) is 29.7. The second-order valence-electron chi connectivity index (χ2n) is 6.93. The SMILES string of the molecule is CC1=CC=C(OC(F)(F)CCC2CCC(C)CC2)C(F)(F)C1(F)F. The van der Waals surface area contributed by atoms with E-state index in [1.54, 1.807) is 0 Å². The first kappa shape index (κ1) is 19.2. The molecule has 0 heterocycles. The summed E-state index contributed by atoms with van der Waals surface area (Å²) in [6.07, 6.45) is 0.207. The fourth-order valence-electron chi connectivity index (χ4n) is 3.11. The van der Waals surface area contributed by atoms with Crippen LogP contribution in [0.15, 0.2) is 23.5 Å². The first-order valence-electron chi connectivity index (χ1n) is 8.17. The van der Waals surface area contributed by atoms with Gasteiger partial charge in [0.05, 0.1) is 6.42 Å². The maximum absolute atomic E-state index is 13.9. The van der Waals surface area contributed by atoms with Crippen molar-refractivity contribution in [1.29, 1.82) is 0 Å². The Morgan fingerprint density at radius 2 is 1.62 bits per heavy atom. The van der Waals surface area contributed by atoms with Crippen molar-refractivity contribution >= 4 is 0 Å². The third-order valence-corrected chi connectivity index (χ3v) is 4.92. The fourth-order valence-corrected chi connectivity index (χ4v) is 3.11. The molecule has 1 saturated carbocycles. The third-order valence-electron chi connectivity index (χ3n) is 4.92. The van der Waals surface area contributed by atoms with E-state index >= 15 is 0 Å². The molecule has 0 saturated heterocycles. The minimum absolute atomic E-state index is 0.0973. The van der Waals surface area contributed by atoms with Gasteiger partial charge < -0.3 is 4.74 Å². The zero-order valence-electron chi connectivity index (χ0n) is 13.7. The summed E-state index contributed by atoms with van der Waals surface area (Å²) >= 11 is 0. The van der Waals surface area contributed by atoms with Gasteiger partial charge in [0.2, 0.25) is 0 Å². The molecule has 138 valence electrons. The molecule has 0 aromatic heterocycles. The van der Waals surface area contributed by atoms with Crippen LogP contribution in [-0.4, -0.2) is 18.0 Å². The van der Waals surface area contributed by atoms with Crippen LogP contribution < -0.4 is 0 Å². The number of rotatable bonds is 5. The predicted molar refractivity (Wildman–Crippen MR) is 78.1 cm³/mol. The maximum atomic E-state index is 13.9. The summed E-state index contributed by atoms with van der Waals surface area (Å²) in [5.41, 5.74) is -0.889. The summed E-state index contributed by atoms with van der Waals surface area (Å²) in [4.78, 5) is 0. The monoisotopic (exact) mass is 356 g/mol. The van der Waals surface area contributed by atoms with Crippen molar-refractivity contribution < 1.29 is 31.1 Å². The van der Waals surface area contributed by atoms with E-state index in [0.717, 1.165) is 32.6 Å². The zero-order chi connectivity index (χ0) is 18.2. The Hall–Kier alpha value is -1.14. The quantitative estimate of drug-likeness (QED) is 0.524. The van der Waals surface area contributed by atoms with Crippen molar-refractivity contribution in [3.05, 3.63) is 23.5 Å². The van der Waals surface area contributed by atoms with Gasteiger partial charge in [-0.15, -0.1) is 0 Å². The van der Waals surface area contributed by atoms with Crippen molar-refractivity contribution in [2.24, 2.45) is 11.8 Å². The van der Waals surface area contributed by atoms with E-state index in [-0.39, 0.29) is 12.3 Å². The lowest BCUT2D eigenvalue weighted by Gasteiger charge is -2.33. The molecule has 2 aliphatic carbocycles. The molecular weight excluding hydrogens is 334 g/mol. The smallest absolute Gasteiger partial charge is 0.397 e. The summed E-state index contributed by atoms with van der Waals surface area (Å²) in [6.45, 7) is 2.92. The highest BCUT2D eigenvalue weighted by atomic mass is 19.3. The van der Waals surface area contributed by atoms with E-state index in [4.69, 9.17) is 0 Å². The molecule has 0 atom stereocenters. The molecule has 0 aliphatic heterocycles. The van der Waals surface area contributed by atoms with Gasteiger partial charge in [0.25, 0.3) is 0 Å². The van der Waals surface area contributed by atoms with Crippen LogP contribution in [0.2, 0.25) is 0 Å². The largest absolute Gasteiger partial charge is 0.430 e. The standard InChI is InChI=1S/C17H22F6O/c1-11-3-6-13(7-4-11)9-10-15(18,19)24-14-8-5-12(2)16(20,21)17(14,22)23/h5,8,11,13H,3-4,6-7,9-10H2,1-2H3. The van der Waals surface area contributed by atoms with Crippen LogP contribution in [0.3, 0.4) is 0 Å². The molecule has 2 aliphatic rings. The second-order valence-corrected chi connectivity index (χ2v) is 6.93. The highest BCUT2D eigenvalue weighted by Gasteiger charge is 2.63. The minimum atomic E-state index is -4.78. The summed E-state index contributed by atoms with van der Waals surface area (Å²) in [7, 11) is 0. The Labute approximate surface area is 137 Å². The summed E-state index contributed by atoms with van der Waals surface area (Å²) in [5, 5.41) is 0. The average Bonchev–Trinajstić information content (AvgIpc) is 2.49. The lowest BCUT2D eigenvalue weighted by molar-refractivity contribution is -0.263. The van der Waals surface area contributed by atoms with Gasteiger partial charge >= 0.3 is 18.0 Å². The van der Waals surface area contributed by atoms with Crippen LogP contribution in [0.25, 0.3) is 0 Å². The van der Waals surface area contributed by atoms with Gasteiger partial charge in [-0.2, -0.15) is 26.3 Å². The molecule has 0 N–H and O–H groups in total. The van der Waals surface area contributed by atoms with Crippen molar-refractivity contribution in [1.82, 2.24) is 0 Å². The lowest BCUT2D eigenvalue weighted by Crippen LogP contribution is -2.46. The molecule has 2 rings (SSSR count). The molecule has 7 heteroatoms. The number of hydrogen-bond donors (Lipinski definition) is 0. The van der Waals surface area contributed by atoms with E-state index in [2.05, 4.69) is 11.7 Å². The molecule has 1 fully saturated rings. The van der Waals surface area contributed by atoms with Crippen molar-refractivity contribution in [2.45, 2.75) is 70.3 Å². The van der Waals surface area contributed by atoms with Crippen molar-refractivity contribution in [2.75, 3.05) is 0 Å². The topological polar surface area (TPSA) is 9.23 Å². The fraction of sp³-hybridized carbons (Fsp3) is 0.765. The summed E-state index contributed by atoms with van der Waals surface area (Å²) in [6, 6.07) is 0. The van der Waals surface area contributed by atoms with Crippen molar-refractivity contribution in [3.8, 4) is 0 Å². The number of halogens is 6. The van der Waals surface area contributed by atoms with Crippen LogP contribution in [0.1, 0.15) is 52.4 Å². The van der Waals surface area contributed by atoms with Gasteiger partial charge in [0.15, 0.2) is 5.76 Å². The lowest BCUT2D eigenvalue weighted by atomic mass is 9.81. The molecule has 0 aromatic rings. The molecular formula is C17H22F6O. The zero-order valence-corrected chi connectivity index (χ0v) is 13.7. The molecule has 1 nitrogen and oxygen atoms in total. The summed E-state index contributed by atoms with van der Waals surface area (Å²) in [5.74, 6) is -10.3. The molecule has 0 aromatic carbocycles. The van der Waals surface area contributed by atoms with Crippen LogP contribution >= 0.6 is 0 Å². The van der Waals surface area contributed by atoms with E-state index in [0.29, 0.717) is 18.1 Å². The van der Waals surface area contributed by atoms with Crippen LogP contribution in [0, 0.1) is 11.8 Å². The van der Waals surface area contributed by atoms with E-state index in [9.17, 15) is 26.3 Å². The minimum Gasteiger partial charge on any atom is -0.430 e. The van der Waals surface area contributed by atoms with Crippen LogP contribution in [0.5, 0.6) is 0 Å². The number of hydrogen-bond acceptors (Lipinski definition) is 1. The highest BCUT2D eigenvalue weighted by molar-refractivity contribution is 5.34. The van der Waals surface area contributed by atoms with Crippen molar-refractivity contribution in [3.63, 3.8) is 0 Å². The Morgan fingerprint density at radius 1 is 1.04 bits per heavy atom. The van der Waals surface area contributed by atoms with Crippen LogP contribution in [0.4, 0.5) is 26.3 Å². The Kier molecular flexibility index (Phi) is 5.31. The number of allylic oxidation sites excluding steroid dienone is 4. The maximum Gasteiger partial charge on any atom is 0.397 e. The van der Waals surface area contributed by atoms with Gasteiger partial charge in [-0.05, 0) is 31.3 Å². The Bertz CT molecular complexity index is 515. The second kappa shape index (κ2) is 6.64. The van der Waals surface area contributed by atoms with E-state index < -0.39 is 35.7 Å². The molecule has 0 spiro atoms. The predicted octanol–water partition coefficient (Wildman–Crippen LogP) is 6.32. The molecule has 0 bridgehead atoms. The van der Waals surface area contributed by atoms with Gasteiger partial charge in [-0.3, -0.25) is 0 Å². The first-order chi connectivity index (χ1) is 11.0. The van der Waals surface area contributed by atoms with Crippen LogP contribution in [-0.2, 0) is 4.74 Å². The van der Waals surface area contributed by atoms with Gasteiger partial charge in [-0.25, -0.2) is 0 Å². The molecule has 0 radical (unpaired) electrons. The van der Waals surface area contributed by atoms with Gasteiger partial charge in [-0.1, -0.05) is 38.7 Å². The highest BCUT2D eigenvalue weighted by Crippen LogP contribution is 2.49.